The van der Waals surface area contributed by atoms with Crippen LogP contribution in [0.2, 0.25) is 5.02 Å². The zero-order valence-corrected chi connectivity index (χ0v) is 11.5. The van der Waals surface area contributed by atoms with Crippen LogP contribution in [0.15, 0.2) is 18.2 Å². The highest BCUT2D eigenvalue weighted by atomic mass is 35.5. The minimum atomic E-state index is -4.53. The second-order valence-corrected chi connectivity index (χ2v) is 5.05. The van der Waals surface area contributed by atoms with Crippen molar-refractivity contribution in [3.63, 3.8) is 0 Å². The normalized spacial score (nSPS) is 17.1. The van der Waals surface area contributed by atoms with E-state index in [2.05, 4.69) is 0 Å². The lowest BCUT2D eigenvalue weighted by Crippen LogP contribution is -2.31. The van der Waals surface area contributed by atoms with Gasteiger partial charge in [-0.25, -0.2) is 0 Å². The van der Waals surface area contributed by atoms with Crippen LogP contribution in [-0.4, -0.2) is 11.2 Å². The Morgan fingerprint density at radius 1 is 1.37 bits per heavy atom. The summed E-state index contributed by atoms with van der Waals surface area (Å²) in [5.74, 6) is -0.0972. The van der Waals surface area contributed by atoms with Gasteiger partial charge < -0.3 is 10.8 Å². The van der Waals surface area contributed by atoms with E-state index in [0.717, 1.165) is 12.1 Å². The average molecular weight is 296 g/mol. The van der Waals surface area contributed by atoms with Crippen LogP contribution >= 0.6 is 11.6 Å². The molecule has 0 saturated heterocycles. The third-order valence-corrected chi connectivity index (χ3v) is 3.61. The molecule has 0 aromatic heterocycles. The Bertz CT molecular complexity index is 436. The van der Waals surface area contributed by atoms with Gasteiger partial charge in [0.05, 0.1) is 22.7 Å². The lowest BCUT2D eigenvalue weighted by molar-refractivity contribution is -0.137. The molecule has 0 fully saturated rings. The van der Waals surface area contributed by atoms with E-state index < -0.39 is 23.9 Å². The highest BCUT2D eigenvalue weighted by molar-refractivity contribution is 6.31. The first-order chi connectivity index (χ1) is 8.68. The summed E-state index contributed by atoms with van der Waals surface area (Å²) < 4.78 is 38.2. The van der Waals surface area contributed by atoms with Gasteiger partial charge >= 0.3 is 6.18 Å². The summed E-state index contributed by atoms with van der Waals surface area (Å²) >= 11 is 5.53. The molecule has 0 bridgehead atoms. The first-order valence-corrected chi connectivity index (χ1v) is 6.36. The van der Waals surface area contributed by atoms with Crippen LogP contribution in [0.4, 0.5) is 13.2 Å². The number of rotatable bonds is 4. The number of aliphatic hydroxyl groups is 1. The smallest absolute Gasteiger partial charge is 0.391 e. The molecule has 3 N–H and O–H groups in total. The summed E-state index contributed by atoms with van der Waals surface area (Å²) in [4.78, 5) is 0. The Balaban J connectivity index is 3.09. The first-order valence-electron chi connectivity index (χ1n) is 5.98. The maximum Gasteiger partial charge on any atom is 0.417 e. The zero-order valence-electron chi connectivity index (χ0n) is 10.7. The molecule has 1 aromatic carbocycles. The van der Waals surface area contributed by atoms with E-state index in [9.17, 15) is 18.3 Å². The maximum absolute atomic E-state index is 12.7. The van der Waals surface area contributed by atoms with Gasteiger partial charge in [0.15, 0.2) is 0 Å². The predicted molar refractivity (Wildman–Crippen MR) is 68.8 cm³/mol. The fourth-order valence-electron chi connectivity index (χ4n) is 1.76. The molecule has 108 valence electrons. The molecule has 0 spiro atoms. The molecule has 1 rings (SSSR count). The summed E-state index contributed by atoms with van der Waals surface area (Å²) in [6.07, 6.45) is -4.74. The second-order valence-electron chi connectivity index (χ2n) is 4.64. The molecule has 3 atom stereocenters. The summed E-state index contributed by atoms with van der Waals surface area (Å²) in [6, 6.07) is 2.60. The van der Waals surface area contributed by atoms with Gasteiger partial charge in [0.25, 0.3) is 0 Å². The van der Waals surface area contributed by atoms with Crippen LogP contribution in [0, 0.1) is 5.92 Å². The summed E-state index contributed by atoms with van der Waals surface area (Å²) in [6.45, 7) is 3.68. The summed E-state index contributed by atoms with van der Waals surface area (Å²) in [5.41, 5.74) is 5.11. The Kier molecular flexibility index (Phi) is 5.24. The SMILES string of the molecule is CCC(C)[C@H](O)[C@H](N)c1ccc(Cl)c(C(F)(F)F)c1. The molecule has 0 radical (unpaired) electrons. The van der Waals surface area contributed by atoms with Crippen molar-refractivity contribution >= 4 is 11.6 Å². The van der Waals surface area contributed by atoms with E-state index in [1.165, 1.54) is 6.07 Å². The van der Waals surface area contributed by atoms with Crippen LogP contribution in [0.25, 0.3) is 0 Å². The molecule has 0 aliphatic rings. The van der Waals surface area contributed by atoms with Gasteiger partial charge in [0.2, 0.25) is 0 Å². The minimum Gasteiger partial charge on any atom is -0.391 e. The molecule has 0 saturated carbocycles. The van der Waals surface area contributed by atoms with Crippen LogP contribution in [0.3, 0.4) is 0 Å². The van der Waals surface area contributed by atoms with E-state index in [4.69, 9.17) is 17.3 Å². The van der Waals surface area contributed by atoms with Crippen LogP contribution < -0.4 is 5.73 Å². The zero-order chi connectivity index (χ0) is 14.8. The molecule has 0 aliphatic carbocycles. The van der Waals surface area contributed by atoms with E-state index in [1.807, 2.05) is 6.92 Å². The van der Waals surface area contributed by atoms with Crippen molar-refractivity contribution in [1.29, 1.82) is 0 Å². The molecule has 0 aliphatic heterocycles. The maximum atomic E-state index is 12.7. The average Bonchev–Trinajstić information content (AvgIpc) is 2.35. The Morgan fingerprint density at radius 2 is 1.95 bits per heavy atom. The van der Waals surface area contributed by atoms with Gasteiger partial charge in [0.1, 0.15) is 0 Å². The molecule has 2 nitrogen and oxygen atoms in total. The number of hydrogen-bond acceptors (Lipinski definition) is 2. The quantitative estimate of drug-likeness (QED) is 0.888. The highest BCUT2D eigenvalue weighted by Gasteiger charge is 2.34. The van der Waals surface area contributed by atoms with Crippen molar-refractivity contribution in [2.45, 2.75) is 38.6 Å². The standard InChI is InChI=1S/C13H17ClF3NO/c1-3-7(2)12(19)11(18)8-4-5-10(14)9(6-8)13(15,16)17/h4-7,11-12,19H,3,18H2,1-2H3/t7?,11-,12+/m1/s1. The molecule has 0 heterocycles. The Labute approximate surface area is 115 Å². The lowest BCUT2D eigenvalue weighted by Gasteiger charge is -2.25. The second kappa shape index (κ2) is 6.11. The highest BCUT2D eigenvalue weighted by Crippen LogP contribution is 2.36. The molecule has 6 heteroatoms. The van der Waals surface area contributed by atoms with Crippen molar-refractivity contribution in [3.05, 3.63) is 34.3 Å². The first kappa shape index (κ1) is 16.3. The molecular formula is C13H17ClF3NO. The number of halogens is 4. The van der Waals surface area contributed by atoms with Gasteiger partial charge in [-0.15, -0.1) is 0 Å². The van der Waals surface area contributed by atoms with Crippen molar-refractivity contribution in [3.8, 4) is 0 Å². The number of aliphatic hydroxyl groups excluding tert-OH is 1. The van der Waals surface area contributed by atoms with Crippen LogP contribution in [0.5, 0.6) is 0 Å². The van der Waals surface area contributed by atoms with E-state index >= 15 is 0 Å². The molecule has 1 aromatic rings. The van der Waals surface area contributed by atoms with E-state index in [0.29, 0.717) is 6.42 Å². The van der Waals surface area contributed by atoms with Gasteiger partial charge in [-0.05, 0) is 23.6 Å². The summed E-state index contributed by atoms with van der Waals surface area (Å²) in [7, 11) is 0. The topological polar surface area (TPSA) is 46.2 Å². The fourth-order valence-corrected chi connectivity index (χ4v) is 1.98. The number of benzene rings is 1. The lowest BCUT2D eigenvalue weighted by atomic mass is 9.91. The van der Waals surface area contributed by atoms with Crippen molar-refractivity contribution in [2.24, 2.45) is 11.7 Å². The molecule has 19 heavy (non-hydrogen) atoms. The van der Waals surface area contributed by atoms with Gasteiger partial charge in [0, 0.05) is 0 Å². The molecule has 0 amide bonds. The minimum absolute atomic E-state index is 0.0972. The number of nitrogens with two attached hydrogens (primary N) is 1. The monoisotopic (exact) mass is 295 g/mol. The van der Waals surface area contributed by atoms with Crippen molar-refractivity contribution in [2.75, 3.05) is 0 Å². The molecule has 1 unspecified atom stereocenters. The molecular weight excluding hydrogens is 279 g/mol. The van der Waals surface area contributed by atoms with Crippen molar-refractivity contribution < 1.29 is 18.3 Å². The van der Waals surface area contributed by atoms with Crippen molar-refractivity contribution in [1.82, 2.24) is 0 Å². The van der Waals surface area contributed by atoms with Gasteiger partial charge in [-0.1, -0.05) is 37.9 Å². The summed E-state index contributed by atoms with van der Waals surface area (Å²) in [5, 5.41) is 9.59. The Morgan fingerprint density at radius 3 is 2.42 bits per heavy atom. The largest absolute Gasteiger partial charge is 0.417 e. The van der Waals surface area contributed by atoms with Crippen LogP contribution in [-0.2, 0) is 6.18 Å². The third-order valence-electron chi connectivity index (χ3n) is 3.28. The van der Waals surface area contributed by atoms with Gasteiger partial charge in [-0.2, -0.15) is 13.2 Å². The predicted octanol–water partition coefficient (Wildman–Crippen LogP) is 3.77. The number of hydrogen-bond donors (Lipinski definition) is 2. The number of alkyl halides is 3. The van der Waals surface area contributed by atoms with E-state index in [1.54, 1.807) is 6.92 Å². The van der Waals surface area contributed by atoms with E-state index in [-0.39, 0.29) is 16.5 Å². The van der Waals surface area contributed by atoms with Crippen LogP contribution in [0.1, 0.15) is 37.4 Å². The fraction of sp³-hybridized carbons (Fsp3) is 0.538. The van der Waals surface area contributed by atoms with Gasteiger partial charge in [-0.3, -0.25) is 0 Å². The Hall–Kier alpha value is -0.780. The third kappa shape index (κ3) is 3.84.